The lowest BCUT2D eigenvalue weighted by Crippen LogP contribution is -2.11. The lowest BCUT2D eigenvalue weighted by atomic mass is 10.1. The molecule has 0 aliphatic rings. The number of carbonyl (C=O) groups is 1. The van der Waals surface area contributed by atoms with Crippen LogP contribution in [0.15, 0.2) is 29.2 Å². The number of aromatic carboxylic acids is 1. The first-order chi connectivity index (χ1) is 9.99. The van der Waals surface area contributed by atoms with Crippen LogP contribution in [-0.2, 0) is 6.54 Å². The molecule has 0 unspecified atom stereocenters. The second kappa shape index (κ2) is 6.71. The molecule has 2 rings (SSSR count). The minimum absolute atomic E-state index is 0.0109. The third-order valence-electron chi connectivity index (χ3n) is 2.91. The molecule has 1 aromatic carbocycles. The molecule has 5 nitrogen and oxygen atoms in total. The molecule has 112 valence electrons. The second-order valence-electron chi connectivity index (χ2n) is 4.81. The molecule has 7 heteroatoms. The highest BCUT2D eigenvalue weighted by atomic mass is 32.2. The van der Waals surface area contributed by atoms with Gasteiger partial charge >= 0.3 is 5.97 Å². The Morgan fingerprint density at radius 3 is 2.62 bits per heavy atom. The highest BCUT2D eigenvalue weighted by Crippen LogP contribution is 2.21. The molecule has 1 aromatic heterocycles. The first kappa shape index (κ1) is 15.5. The lowest BCUT2D eigenvalue weighted by Gasteiger charge is -2.09. The van der Waals surface area contributed by atoms with Gasteiger partial charge in [0.2, 0.25) is 0 Å². The van der Waals surface area contributed by atoms with Gasteiger partial charge in [-0.15, -0.1) is 16.9 Å². The topological polar surface area (TPSA) is 68.0 Å². The second-order valence-corrected chi connectivity index (χ2v) is 5.98. The molecular weight excluding hydrogens is 293 g/mol. The Morgan fingerprint density at radius 1 is 1.38 bits per heavy atom. The fourth-order valence-corrected chi connectivity index (χ4v) is 2.82. The van der Waals surface area contributed by atoms with Gasteiger partial charge in [0.1, 0.15) is 5.82 Å². The van der Waals surface area contributed by atoms with E-state index in [9.17, 15) is 9.18 Å². The van der Waals surface area contributed by atoms with E-state index in [1.807, 2.05) is 13.8 Å². The van der Waals surface area contributed by atoms with Crippen molar-refractivity contribution in [2.45, 2.75) is 31.2 Å². The molecule has 0 radical (unpaired) electrons. The van der Waals surface area contributed by atoms with Gasteiger partial charge in [-0.25, -0.2) is 13.9 Å². The lowest BCUT2D eigenvalue weighted by molar-refractivity contribution is 0.0688. The van der Waals surface area contributed by atoms with Gasteiger partial charge in [-0.1, -0.05) is 19.1 Å². The molecule has 21 heavy (non-hydrogen) atoms. The molecule has 1 heterocycles. The summed E-state index contributed by atoms with van der Waals surface area (Å²) in [6, 6.07) is 6.26. The van der Waals surface area contributed by atoms with Gasteiger partial charge in [0, 0.05) is 10.6 Å². The molecule has 0 fully saturated rings. The molecule has 0 amide bonds. The van der Waals surface area contributed by atoms with Crippen LogP contribution in [0.4, 0.5) is 4.39 Å². The van der Waals surface area contributed by atoms with Crippen molar-refractivity contribution in [3.8, 4) is 0 Å². The fourth-order valence-electron chi connectivity index (χ4n) is 1.99. The van der Waals surface area contributed by atoms with Crippen molar-refractivity contribution in [3.05, 3.63) is 41.5 Å². The van der Waals surface area contributed by atoms with Gasteiger partial charge in [-0.05, 0) is 30.2 Å². The highest BCUT2D eigenvalue weighted by molar-refractivity contribution is 7.99. The Balaban J connectivity index is 2.03. The number of aryl methyl sites for hydroxylation is 1. The van der Waals surface area contributed by atoms with Crippen molar-refractivity contribution >= 4 is 17.7 Å². The summed E-state index contributed by atoms with van der Waals surface area (Å²) >= 11 is 1.56. The number of thioether (sulfide) groups is 1. The van der Waals surface area contributed by atoms with Crippen molar-refractivity contribution in [2.75, 3.05) is 5.75 Å². The minimum Gasteiger partial charge on any atom is -0.476 e. The van der Waals surface area contributed by atoms with Gasteiger partial charge in [0.05, 0.1) is 12.2 Å². The maximum Gasteiger partial charge on any atom is 0.358 e. The summed E-state index contributed by atoms with van der Waals surface area (Å²) in [6.45, 7) is 4.37. The Bertz CT molecular complexity index is 626. The van der Waals surface area contributed by atoms with E-state index in [0.717, 1.165) is 4.90 Å². The summed E-state index contributed by atoms with van der Waals surface area (Å²) in [5.41, 5.74) is 0.638. The van der Waals surface area contributed by atoms with E-state index in [2.05, 4.69) is 10.3 Å². The van der Waals surface area contributed by atoms with Crippen molar-refractivity contribution < 1.29 is 14.3 Å². The first-order valence-corrected chi connectivity index (χ1v) is 7.52. The van der Waals surface area contributed by atoms with Crippen LogP contribution in [0.5, 0.6) is 0 Å². The SMILES string of the molecule is CC(C)c1c(C(=O)O)nnn1CCSc1ccc(F)cc1. The zero-order valence-corrected chi connectivity index (χ0v) is 12.6. The van der Waals surface area contributed by atoms with E-state index < -0.39 is 5.97 Å². The predicted octanol–water partition coefficient (Wildman–Crippen LogP) is 3.03. The molecule has 2 aromatic rings. The number of halogens is 1. The van der Waals surface area contributed by atoms with Crippen LogP contribution in [0.25, 0.3) is 0 Å². The van der Waals surface area contributed by atoms with Crippen LogP contribution in [0, 0.1) is 5.82 Å². The maximum atomic E-state index is 12.8. The van der Waals surface area contributed by atoms with Gasteiger partial charge in [-0.3, -0.25) is 0 Å². The summed E-state index contributed by atoms with van der Waals surface area (Å²) in [5.74, 6) is -0.588. The zero-order valence-electron chi connectivity index (χ0n) is 11.8. The monoisotopic (exact) mass is 309 g/mol. The molecular formula is C14H16FN3O2S. The van der Waals surface area contributed by atoms with Gasteiger partial charge in [0.15, 0.2) is 5.69 Å². The molecule has 0 atom stereocenters. The molecule has 0 saturated carbocycles. The highest BCUT2D eigenvalue weighted by Gasteiger charge is 2.21. The summed E-state index contributed by atoms with van der Waals surface area (Å²) in [6.07, 6.45) is 0. The van der Waals surface area contributed by atoms with Gasteiger partial charge < -0.3 is 5.11 Å². The predicted molar refractivity (Wildman–Crippen MR) is 78.2 cm³/mol. The molecule has 0 spiro atoms. The number of carboxylic acid groups (broad SMARTS) is 1. The van der Waals surface area contributed by atoms with Gasteiger partial charge in [0.25, 0.3) is 0 Å². The quantitative estimate of drug-likeness (QED) is 0.831. The Morgan fingerprint density at radius 2 is 2.05 bits per heavy atom. The molecule has 0 aliphatic carbocycles. The summed E-state index contributed by atoms with van der Waals surface area (Å²) < 4.78 is 14.4. The molecule has 0 aliphatic heterocycles. The van der Waals surface area contributed by atoms with E-state index >= 15 is 0 Å². The maximum absolute atomic E-state index is 12.8. The zero-order chi connectivity index (χ0) is 15.4. The Hall–Kier alpha value is -1.89. The Kier molecular flexibility index (Phi) is 4.95. The smallest absolute Gasteiger partial charge is 0.358 e. The van der Waals surface area contributed by atoms with Crippen LogP contribution in [0.2, 0.25) is 0 Å². The summed E-state index contributed by atoms with van der Waals surface area (Å²) in [7, 11) is 0. The number of nitrogens with zero attached hydrogens (tertiary/aromatic N) is 3. The third kappa shape index (κ3) is 3.81. The van der Waals surface area contributed by atoms with Crippen LogP contribution >= 0.6 is 11.8 Å². The Labute approximate surface area is 126 Å². The number of rotatable bonds is 6. The normalized spacial score (nSPS) is 11.0. The molecule has 1 N–H and O–H groups in total. The molecule has 0 saturated heterocycles. The average molecular weight is 309 g/mol. The third-order valence-corrected chi connectivity index (χ3v) is 3.90. The van der Waals surface area contributed by atoms with E-state index in [0.29, 0.717) is 18.0 Å². The van der Waals surface area contributed by atoms with E-state index in [4.69, 9.17) is 5.11 Å². The van der Waals surface area contributed by atoms with E-state index in [-0.39, 0.29) is 17.4 Å². The average Bonchev–Trinajstić information content (AvgIpc) is 2.85. The van der Waals surface area contributed by atoms with E-state index in [1.165, 1.54) is 12.1 Å². The van der Waals surface area contributed by atoms with Crippen LogP contribution in [0.1, 0.15) is 35.9 Å². The van der Waals surface area contributed by atoms with E-state index in [1.54, 1.807) is 28.6 Å². The number of benzene rings is 1. The largest absolute Gasteiger partial charge is 0.476 e. The summed E-state index contributed by atoms with van der Waals surface area (Å²) in [5, 5.41) is 16.7. The van der Waals surface area contributed by atoms with Crippen molar-refractivity contribution in [1.82, 2.24) is 15.0 Å². The van der Waals surface area contributed by atoms with Crippen LogP contribution in [0.3, 0.4) is 0 Å². The van der Waals surface area contributed by atoms with Gasteiger partial charge in [-0.2, -0.15) is 0 Å². The van der Waals surface area contributed by atoms with Crippen molar-refractivity contribution in [1.29, 1.82) is 0 Å². The van der Waals surface area contributed by atoms with Crippen molar-refractivity contribution in [3.63, 3.8) is 0 Å². The van der Waals surface area contributed by atoms with Crippen LogP contribution in [-0.4, -0.2) is 31.8 Å². The molecule has 0 bridgehead atoms. The number of hydrogen-bond acceptors (Lipinski definition) is 4. The first-order valence-electron chi connectivity index (χ1n) is 6.54. The summed E-state index contributed by atoms with van der Waals surface area (Å²) in [4.78, 5) is 12.1. The number of carboxylic acids is 1. The number of hydrogen-bond donors (Lipinski definition) is 1. The minimum atomic E-state index is -1.06. The number of aromatic nitrogens is 3. The van der Waals surface area contributed by atoms with Crippen LogP contribution < -0.4 is 0 Å². The standard InChI is InChI=1S/C14H16FN3O2S/c1-9(2)13-12(14(19)20)16-17-18(13)7-8-21-11-5-3-10(15)4-6-11/h3-6,9H,7-8H2,1-2H3,(H,19,20). The van der Waals surface area contributed by atoms with Crippen molar-refractivity contribution in [2.24, 2.45) is 0 Å². The fraction of sp³-hybridized carbons (Fsp3) is 0.357.